The highest BCUT2D eigenvalue weighted by Crippen LogP contribution is 2.35. The highest BCUT2D eigenvalue weighted by Gasteiger charge is 2.22. The number of aliphatic hydroxyl groups is 1. The number of hydrogen-bond donors (Lipinski definition) is 1. The fourth-order valence-corrected chi connectivity index (χ4v) is 4.16. The van der Waals surface area contributed by atoms with E-state index in [-0.39, 0.29) is 6.10 Å². The van der Waals surface area contributed by atoms with E-state index in [0.29, 0.717) is 0 Å². The summed E-state index contributed by atoms with van der Waals surface area (Å²) in [5.74, 6) is 3.01. The van der Waals surface area contributed by atoms with Gasteiger partial charge in [-0.1, -0.05) is 51.9 Å². The predicted molar refractivity (Wildman–Crippen MR) is 77.6 cm³/mol. The molecule has 0 aromatic carbocycles. The second kappa shape index (κ2) is 7.53. The summed E-state index contributed by atoms with van der Waals surface area (Å²) in [7, 11) is 0. The van der Waals surface area contributed by atoms with Gasteiger partial charge in [0.15, 0.2) is 0 Å². The zero-order chi connectivity index (χ0) is 12.8. The number of hydrogen-bond acceptors (Lipinski definition) is 1. The van der Waals surface area contributed by atoms with E-state index in [0.717, 1.165) is 30.6 Å². The third-order valence-electron chi connectivity index (χ3n) is 5.51. The average molecular weight is 252 g/mol. The summed E-state index contributed by atoms with van der Waals surface area (Å²) in [5.41, 5.74) is 0. The Hall–Kier alpha value is -0.0400. The van der Waals surface area contributed by atoms with Gasteiger partial charge in [0.25, 0.3) is 0 Å². The van der Waals surface area contributed by atoms with Crippen molar-refractivity contribution >= 4 is 0 Å². The molecule has 2 saturated carbocycles. The van der Waals surface area contributed by atoms with Crippen molar-refractivity contribution in [1.82, 2.24) is 0 Å². The highest BCUT2D eigenvalue weighted by molar-refractivity contribution is 4.75. The smallest absolute Gasteiger partial charge is 0.0540 e. The van der Waals surface area contributed by atoms with Crippen LogP contribution in [0, 0.1) is 17.8 Å². The zero-order valence-corrected chi connectivity index (χ0v) is 12.2. The molecular weight excluding hydrogens is 220 g/mol. The van der Waals surface area contributed by atoms with Crippen molar-refractivity contribution < 1.29 is 5.11 Å². The van der Waals surface area contributed by atoms with Crippen LogP contribution < -0.4 is 0 Å². The molecule has 18 heavy (non-hydrogen) atoms. The largest absolute Gasteiger partial charge is 0.393 e. The van der Waals surface area contributed by atoms with Crippen LogP contribution in [0.2, 0.25) is 0 Å². The lowest BCUT2D eigenvalue weighted by Gasteiger charge is -2.29. The van der Waals surface area contributed by atoms with Crippen LogP contribution in [0.4, 0.5) is 0 Å². The van der Waals surface area contributed by atoms with E-state index in [1.807, 2.05) is 0 Å². The summed E-state index contributed by atoms with van der Waals surface area (Å²) >= 11 is 0. The Labute approximate surface area is 113 Å². The lowest BCUT2D eigenvalue weighted by Crippen LogP contribution is -2.19. The Balaban J connectivity index is 1.57. The van der Waals surface area contributed by atoms with Crippen LogP contribution in [0.25, 0.3) is 0 Å². The molecule has 2 rings (SSSR count). The molecule has 0 heterocycles. The standard InChI is InChI=1S/C17H32O/c1-2-14-5-3-7-16(13-14)8-4-6-15-9-11-17(18)12-10-15/h14-18H,2-13H2,1H3. The minimum Gasteiger partial charge on any atom is -0.393 e. The first-order valence-corrected chi connectivity index (χ1v) is 8.46. The second-order valence-corrected chi connectivity index (χ2v) is 6.91. The van der Waals surface area contributed by atoms with E-state index in [9.17, 15) is 5.11 Å². The van der Waals surface area contributed by atoms with Crippen LogP contribution >= 0.6 is 0 Å². The maximum absolute atomic E-state index is 9.51. The van der Waals surface area contributed by atoms with Gasteiger partial charge in [-0.2, -0.15) is 0 Å². The van der Waals surface area contributed by atoms with Crippen molar-refractivity contribution in [3.63, 3.8) is 0 Å². The molecule has 106 valence electrons. The van der Waals surface area contributed by atoms with E-state index >= 15 is 0 Å². The molecule has 2 fully saturated rings. The molecule has 2 aliphatic carbocycles. The van der Waals surface area contributed by atoms with Crippen LogP contribution in [-0.2, 0) is 0 Å². The van der Waals surface area contributed by atoms with Gasteiger partial charge < -0.3 is 5.11 Å². The van der Waals surface area contributed by atoms with Gasteiger partial charge in [0, 0.05) is 0 Å². The molecule has 2 atom stereocenters. The first-order valence-electron chi connectivity index (χ1n) is 8.46. The molecule has 2 aliphatic rings. The quantitative estimate of drug-likeness (QED) is 0.736. The average Bonchev–Trinajstić information content (AvgIpc) is 2.41. The second-order valence-electron chi connectivity index (χ2n) is 6.91. The minimum absolute atomic E-state index is 0.0184. The molecule has 0 saturated heterocycles. The van der Waals surface area contributed by atoms with Crippen LogP contribution in [-0.4, -0.2) is 11.2 Å². The molecule has 0 bridgehead atoms. The van der Waals surface area contributed by atoms with E-state index in [2.05, 4.69) is 6.92 Å². The molecule has 0 amide bonds. The maximum Gasteiger partial charge on any atom is 0.0540 e. The molecule has 2 unspecified atom stereocenters. The van der Waals surface area contributed by atoms with Crippen molar-refractivity contribution in [3.8, 4) is 0 Å². The van der Waals surface area contributed by atoms with E-state index in [4.69, 9.17) is 0 Å². The van der Waals surface area contributed by atoms with Gasteiger partial charge >= 0.3 is 0 Å². The van der Waals surface area contributed by atoms with Crippen LogP contribution in [0.5, 0.6) is 0 Å². The van der Waals surface area contributed by atoms with Gasteiger partial charge in [0.1, 0.15) is 0 Å². The van der Waals surface area contributed by atoms with E-state index in [1.54, 1.807) is 0 Å². The lowest BCUT2D eigenvalue weighted by atomic mass is 9.77. The summed E-state index contributed by atoms with van der Waals surface area (Å²) in [6.07, 6.45) is 16.5. The first-order chi connectivity index (χ1) is 8.78. The molecule has 0 spiro atoms. The fourth-order valence-electron chi connectivity index (χ4n) is 4.16. The van der Waals surface area contributed by atoms with Gasteiger partial charge in [-0.3, -0.25) is 0 Å². The van der Waals surface area contributed by atoms with Crippen molar-refractivity contribution in [3.05, 3.63) is 0 Å². The Bertz CT molecular complexity index is 218. The monoisotopic (exact) mass is 252 g/mol. The molecule has 0 aromatic rings. The van der Waals surface area contributed by atoms with Crippen molar-refractivity contribution in [2.75, 3.05) is 0 Å². The maximum atomic E-state index is 9.51. The number of rotatable bonds is 5. The number of aliphatic hydroxyl groups excluding tert-OH is 1. The van der Waals surface area contributed by atoms with Crippen molar-refractivity contribution in [1.29, 1.82) is 0 Å². The Morgan fingerprint density at radius 2 is 1.50 bits per heavy atom. The summed E-state index contributed by atoms with van der Waals surface area (Å²) < 4.78 is 0. The zero-order valence-electron chi connectivity index (χ0n) is 12.2. The molecule has 1 nitrogen and oxygen atoms in total. The lowest BCUT2D eigenvalue weighted by molar-refractivity contribution is 0.105. The first kappa shape index (κ1) is 14.4. The Morgan fingerprint density at radius 1 is 0.833 bits per heavy atom. The normalized spacial score (nSPS) is 37.7. The Morgan fingerprint density at radius 3 is 2.22 bits per heavy atom. The van der Waals surface area contributed by atoms with Gasteiger partial charge in [-0.25, -0.2) is 0 Å². The van der Waals surface area contributed by atoms with Crippen molar-refractivity contribution in [2.24, 2.45) is 17.8 Å². The fraction of sp³-hybridized carbons (Fsp3) is 1.00. The van der Waals surface area contributed by atoms with Crippen LogP contribution in [0.1, 0.15) is 84.0 Å². The topological polar surface area (TPSA) is 20.2 Å². The highest BCUT2D eigenvalue weighted by atomic mass is 16.3. The van der Waals surface area contributed by atoms with Gasteiger partial charge in [-0.05, 0) is 49.9 Å². The molecule has 1 heteroatoms. The third kappa shape index (κ3) is 4.57. The molecule has 0 radical (unpaired) electrons. The van der Waals surface area contributed by atoms with Gasteiger partial charge in [-0.15, -0.1) is 0 Å². The summed E-state index contributed by atoms with van der Waals surface area (Å²) in [4.78, 5) is 0. The minimum atomic E-state index is 0.0184. The van der Waals surface area contributed by atoms with Crippen molar-refractivity contribution in [2.45, 2.75) is 90.1 Å². The summed E-state index contributed by atoms with van der Waals surface area (Å²) in [6, 6.07) is 0. The molecule has 0 aromatic heterocycles. The van der Waals surface area contributed by atoms with Gasteiger partial charge in [0.2, 0.25) is 0 Å². The molecule has 1 N–H and O–H groups in total. The molecule has 0 aliphatic heterocycles. The summed E-state index contributed by atoms with van der Waals surface area (Å²) in [5, 5.41) is 9.51. The summed E-state index contributed by atoms with van der Waals surface area (Å²) in [6.45, 7) is 2.36. The van der Waals surface area contributed by atoms with Crippen LogP contribution in [0.3, 0.4) is 0 Å². The third-order valence-corrected chi connectivity index (χ3v) is 5.51. The van der Waals surface area contributed by atoms with Gasteiger partial charge in [0.05, 0.1) is 6.10 Å². The van der Waals surface area contributed by atoms with E-state index in [1.165, 1.54) is 64.2 Å². The molecular formula is C17H32O. The van der Waals surface area contributed by atoms with Crippen LogP contribution in [0.15, 0.2) is 0 Å². The predicted octanol–water partition coefficient (Wildman–Crippen LogP) is 4.92. The van der Waals surface area contributed by atoms with E-state index < -0.39 is 0 Å². The Kier molecular flexibility index (Phi) is 6.01. The SMILES string of the molecule is CCC1CCCC(CCCC2CCC(O)CC2)C1.